The van der Waals surface area contributed by atoms with Gasteiger partial charge >= 0.3 is 5.97 Å². The van der Waals surface area contributed by atoms with E-state index in [1.54, 1.807) is 7.11 Å². The average Bonchev–Trinajstić information content (AvgIpc) is 2.48. The fraction of sp³-hybridized carbons (Fsp3) is 0.600. The summed E-state index contributed by atoms with van der Waals surface area (Å²) in [4.78, 5) is 11.9. The Kier molecular flexibility index (Phi) is 7.44. The lowest BCUT2D eigenvalue weighted by Gasteiger charge is -2.16. The number of carbonyl (C=O) groups excluding carboxylic acids is 1. The minimum atomic E-state index is -0.520. The van der Waals surface area contributed by atoms with Crippen molar-refractivity contribution in [1.82, 2.24) is 5.32 Å². The Balaban J connectivity index is 2.61. The summed E-state index contributed by atoms with van der Waals surface area (Å²) >= 11 is 0. The van der Waals surface area contributed by atoms with Gasteiger partial charge in [0.25, 0.3) is 0 Å². The molecule has 0 saturated carbocycles. The number of unbranched alkanes of at least 4 members (excludes halogenated alkanes) is 1. The molecule has 1 aliphatic rings. The van der Waals surface area contributed by atoms with Crippen molar-refractivity contribution in [2.45, 2.75) is 32.1 Å². The number of methoxy groups -OCH3 is 1. The molecule has 0 amide bonds. The maximum Gasteiger partial charge on any atom is 0.349 e. The highest BCUT2D eigenvalue weighted by molar-refractivity contribution is 5.94. The van der Waals surface area contributed by atoms with E-state index in [-0.39, 0.29) is 5.57 Å². The third kappa shape index (κ3) is 5.06. The van der Waals surface area contributed by atoms with Gasteiger partial charge in [-0.25, -0.2) is 4.79 Å². The van der Waals surface area contributed by atoms with Crippen molar-refractivity contribution < 1.29 is 14.3 Å². The van der Waals surface area contributed by atoms with Crippen molar-refractivity contribution in [3.8, 4) is 6.07 Å². The van der Waals surface area contributed by atoms with Gasteiger partial charge in [-0.1, -0.05) is 0 Å². The molecule has 0 aromatic carbocycles. The lowest BCUT2D eigenvalue weighted by molar-refractivity contribution is -0.138. The normalized spacial score (nSPS) is 16.9. The largest absolute Gasteiger partial charge is 0.462 e. The predicted octanol–water partition coefficient (Wildman–Crippen LogP) is 2.06. The predicted molar refractivity (Wildman–Crippen MR) is 75.7 cm³/mol. The monoisotopic (exact) mass is 278 g/mol. The van der Waals surface area contributed by atoms with E-state index in [1.165, 1.54) is 0 Å². The van der Waals surface area contributed by atoms with Crippen molar-refractivity contribution in [3.05, 3.63) is 22.9 Å². The van der Waals surface area contributed by atoms with E-state index in [0.29, 0.717) is 13.2 Å². The Morgan fingerprint density at radius 1 is 1.40 bits per heavy atom. The summed E-state index contributed by atoms with van der Waals surface area (Å²) in [6, 6.07) is 1.98. The van der Waals surface area contributed by atoms with Gasteiger partial charge in [0, 0.05) is 26.5 Å². The molecule has 0 radical (unpaired) electrons. The summed E-state index contributed by atoms with van der Waals surface area (Å²) in [7, 11) is 3.48. The maximum absolute atomic E-state index is 11.9. The number of hydrogen-bond acceptors (Lipinski definition) is 5. The molecule has 0 spiro atoms. The third-order valence-corrected chi connectivity index (χ3v) is 3.17. The molecule has 0 bridgehead atoms. The molecule has 5 nitrogen and oxygen atoms in total. The Hall–Kier alpha value is -1.80. The highest BCUT2D eigenvalue weighted by Crippen LogP contribution is 2.23. The van der Waals surface area contributed by atoms with Crippen molar-refractivity contribution in [2.24, 2.45) is 0 Å². The lowest BCUT2D eigenvalue weighted by Crippen LogP contribution is -2.14. The van der Waals surface area contributed by atoms with Crippen LogP contribution < -0.4 is 5.32 Å². The van der Waals surface area contributed by atoms with Gasteiger partial charge in [0.05, 0.1) is 6.61 Å². The summed E-state index contributed by atoms with van der Waals surface area (Å²) in [5, 5.41) is 12.2. The smallest absolute Gasteiger partial charge is 0.349 e. The number of nitriles is 1. The highest BCUT2D eigenvalue weighted by Gasteiger charge is 2.18. The molecule has 20 heavy (non-hydrogen) atoms. The van der Waals surface area contributed by atoms with Crippen LogP contribution in [0.1, 0.15) is 32.1 Å². The average molecular weight is 278 g/mol. The molecule has 0 aliphatic heterocycles. The molecule has 0 fully saturated rings. The first-order valence-electron chi connectivity index (χ1n) is 6.90. The molecule has 0 aromatic rings. The van der Waals surface area contributed by atoms with Crippen LogP contribution in [0.2, 0.25) is 0 Å². The van der Waals surface area contributed by atoms with Gasteiger partial charge in [-0.2, -0.15) is 5.26 Å². The number of allylic oxidation sites excluding steroid dienone is 3. The number of nitrogens with one attached hydrogen (secondary N) is 1. The molecular weight excluding hydrogens is 256 g/mol. The van der Waals surface area contributed by atoms with Crippen molar-refractivity contribution in [1.29, 1.82) is 5.26 Å². The third-order valence-electron chi connectivity index (χ3n) is 3.17. The standard InChI is InChI=1S/C15H22N2O3/c1-17-13-7-5-6-12(10-13)14(11-16)15(18)20-9-4-3-8-19-2/h10,17H,3-9H2,1-2H3/b14-12-. The zero-order chi connectivity index (χ0) is 14.8. The Morgan fingerprint density at radius 2 is 2.15 bits per heavy atom. The van der Waals surface area contributed by atoms with Gasteiger partial charge < -0.3 is 14.8 Å². The van der Waals surface area contributed by atoms with Gasteiger partial charge in [0.2, 0.25) is 0 Å². The molecular formula is C15H22N2O3. The summed E-state index contributed by atoms with van der Waals surface area (Å²) in [5.41, 5.74) is 1.95. The van der Waals surface area contributed by atoms with Crippen LogP contribution in [-0.2, 0) is 14.3 Å². The number of hydrogen-bond donors (Lipinski definition) is 1. The van der Waals surface area contributed by atoms with Gasteiger partial charge in [-0.3, -0.25) is 0 Å². The summed E-state index contributed by atoms with van der Waals surface area (Å²) < 4.78 is 10.1. The van der Waals surface area contributed by atoms with Crippen LogP contribution in [0.4, 0.5) is 0 Å². The molecule has 0 saturated heterocycles. The van der Waals surface area contributed by atoms with E-state index in [1.807, 2.05) is 19.2 Å². The number of carbonyl (C=O) groups is 1. The van der Waals surface area contributed by atoms with Gasteiger partial charge in [0.1, 0.15) is 11.6 Å². The van der Waals surface area contributed by atoms with E-state index >= 15 is 0 Å². The molecule has 1 aliphatic carbocycles. The number of esters is 1. The summed E-state index contributed by atoms with van der Waals surface area (Å²) in [5.74, 6) is -0.520. The van der Waals surface area contributed by atoms with Gasteiger partial charge in [-0.15, -0.1) is 0 Å². The second-order valence-electron chi connectivity index (χ2n) is 4.62. The Bertz CT molecular complexity index is 433. The van der Waals surface area contributed by atoms with Gasteiger partial charge in [-0.05, 0) is 43.8 Å². The second-order valence-corrected chi connectivity index (χ2v) is 4.62. The van der Waals surface area contributed by atoms with Crippen LogP contribution in [0.25, 0.3) is 0 Å². The fourth-order valence-corrected chi connectivity index (χ4v) is 2.05. The molecule has 5 heteroatoms. The second kappa shape index (κ2) is 9.16. The van der Waals surface area contributed by atoms with E-state index in [9.17, 15) is 10.1 Å². The zero-order valence-electron chi connectivity index (χ0n) is 12.2. The van der Waals surface area contributed by atoms with Crippen LogP contribution in [0.3, 0.4) is 0 Å². The highest BCUT2D eigenvalue weighted by atomic mass is 16.5. The van der Waals surface area contributed by atoms with Crippen LogP contribution >= 0.6 is 0 Å². The topological polar surface area (TPSA) is 71.4 Å². The zero-order valence-corrected chi connectivity index (χ0v) is 12.2. The molecule has 0 aromatic heterocycles. The number of rotatable bonds is 7. The first kappa shape index (κ1) is 16.3. The SMILES string of the molecule is CNC1=C/C(=C(/C#N)C(=O)OCCCCOC)CCC1. The van der Waals surface area contributed by atoms with Crippen molar-refractivity contribution in [2.75, 3.05) is 27.4 Å². The first-order valence-corrected chi connectivity index (χ1v) is 6.90. The van der Waals surface area contributed by atoms with E-state index in [4.69, 9.17) is 9.47 Å². The minimum absolute atomic E-state index is 0.129. The molecule has 0 heterocycles. The number of ether oxygens (including phenoxy) is 2. The van der Waals surface area contributed by atoms with E-state index < -0.39 is 5.97 Å². The molecule has 110 valence electrons. The van der Waals surface area contributed by atoms with Crippen molar-refractivity contribution in [3.63, 3.8) is 0 Å². The minimum Gasteiger partial charge on any atom is -0.462 e. The quantitative estimate of drug-likeness (QED) is 0.334. The number of nitrogens with zero attached hydrogens (tertiary/aromatic N) is 1. The first-order chi connectivity index (χ1) is 9.72. The van der Waals surface area contributed by atoms with Crippen LogP contribution in [0.5, 0.6) is 0 Å². The van der Waals surface area contributed by atoms with Crippen LogP contribution in [0, 0.1) is 11.3 Å². The van der Waals surface area contributed by atoms with Gasteiger partial charge in [0.15, 0.2) is 0 Å². The fourth-order valence-electron chi connectivity index (χ4n) is 2.05. The Labute approximate surface area is 120 Å². The summed E-state index contributed by atoms with van der Waals surface area (Å²) in [6.45, 7) is 0.973. The maximum atomic E-state index is 11.9. The van der Waals surface area contributed by atoms with Crippen LogP contribution in [0.15, 0.2) is 22.9 Å². The lowest BCUT2D eigenvalue weighted by atomic mass is 9.95. The van der Waals surface area contributed by atoms with Crippen LogP contribution in [-0.4, -0.2) is 33.3 Å². The van der Waals surface area contributed by atoms with E-state index in [0.717, 1.165) is 43.4 Å². The molecule has 1 rings (SSSR count). The van der Waals surface area contributed by atoms with E-state index in [2.05, 4.69) is 5.32 Å². The Morgan fingerprint density at radius 3 is 2.80 bits per heavy atom. The van der Waals surface area contributed by atoms with Crippen molar-refractivity contribution >= 4 is 5.97 Å². The molecule has 0 atom stereocenters. The summed E-state index contributed by atoms with van der Waals surface area (Å²) in [6.07, 6.45) is 6.09. The molecule has 1 N–H and O–H groups in total. The molecule has 0 unspecified atom stereocenters.